The number of carbonyl (C=O) groups excluding carboxylic acids is 3. The van der Waals surface area contributed by atoms with Gasteiger partial charge in [0.05, 0.1) is 0 Å². The van der Waals surface area contributed by atoms with E-state index in [1.54, 1.807) is 6.92 Å². The number of esters is 2. The van der Waals surface area contributed by atoms with E-state index in [4.69, 9.17) is 18.9 Å². The predicted octanol–water partition coefficient (Wildman–Crippen LogP) is 3.34. The smallest absolute Gasteiger partial charge is 0.408 e. The lowest BCUT2D eigenvalue weighted by Crippen LogP contribution is -2.42. The van der Waals surface area contributed by atoms with E-state index in [9.17, 15) is 14.4 Å². The second kappa shape index (κ2) is 13.8. The summed E-state index contributed by atoms with van der Waals surface area (Å²) in [5.74, 6) is -1.22. The minimum Gasteiger partial charge on any atom is -0.459 e. The SMILES string of the molecule is CCOCOC(=O)CCC(NC(=O)OCc1ccccc1)C(=O)OCc1ccccc1. The van der Waals surface area contributed by atoms with Crippen LogP contribution in [0.25, 0.3) is 0 Å². The van der Waals surface area contributed by atoms with Crippen molar-refractivity contribution < 1.29 is 33.3 Å². The fourth-order valence-corrected chi connectivity index (χ4v) is 2.51. The Balaban J connectivity index is 1.89. The van der Waals surface area contributed by atoms with Gasteiger partial charge in [-0.2, -0.15) is 0 Å². The van der Waals surface area contributed by atoms with Gasteiger partial charge in [-0.05, 0) is 24.5 Å². The zero-order valence-electron chi connectivity index (χ0n) is 17.5. The summed E-state index contributed by atoms with van der Waals surface area (Å²) in [6.45, 7) is 2.12. The Morgan fingerprint density at radius 2 is 1.42 bits per heavy atom. The Morgan fingerprint density at radius 1 is 0.839 bits per heavy atom. The molecule has 0 aliphatic carbocycles. The zero-order valence-corrected chi connectivity index (χ0v) is 17.5. The van der Waals surface area contributed by atoms with Gasteiger partial charge < -0.3 is 24.3 Å². The Bertz CT molecular complexity index is 811. The number of hydrogen-bond donors (Lipinski definition) is 1. The third kappa shape index (κ3) is 9.77. The van der Waals surface area contributed by atoms with Crippen LogP contribution in [0.1, 0.15) is 30.9 Å². The first kappa shape index (κ1) is 23.9. The fraction of sp³-hybridized carbons (Fsp3) is 0.348. The molecule has 0 aromatic heterocycles. The van der Waals surface area contributed by atoms with Crippen LogP contribution in [0.5, 0.6) is 0 Å². The molecule has 8 nitrogen and oxygen atoms in total. The molecule has 0 saturated heterocycles. The Morgan fingerprint density at radius 3 is 2.00 bits per heavy atom. The normalized spacial score (nSPS) is 11.3. The van der Waals surface area contributed by atoms with Crippen LogP contribution in [0.2, 0.25) is 0 Å². The lowest BCUT2D eigenvalue weighted by Gasteiger charge is -2.17. The number of carbonyl (C=O) groups is 3. The van der Waals surface area contributed by atoms with Crippen LogP contribution in [-0.4, -0.2) is 37.5 Å². The standard InChI is InChI=1S/C23H27NO7/c1-2-28-17-31-21(25)14-13-20(22(26)29-15-18-9-5-3-6-10-18)24-23(27)30-16-19-11-7-4-8-12-19/h3-12,20H,2,13-17H2,1H3,(H,24,27). The molecule has 1 unspecified atom stereocenters. The van der Waals surface area contributed by atoms with Crippen molar-refractivity contribution in [3.8, 4) is 0 Å². The van der Waals surface area contributed by atoms with Gasteiger partial charge in [-0.25, -0.2) is 9.59 Å². The lowest BCUT2D eigenvalue weighted by molar-refractivity contribution is -0.156. The maximum absolute atomic E-state index is 12.5. The van der Waals surface area contributed by atoms with E-state index in [0.717, 1.165) is 11.1 Å². The average molecular weight is 429 g/mol. The van der Waals surface area contributed by atoms with Crippen LogP contribution >= 0.6 is 0 Å². The van der Waals surface area contributed by atoms with Crippen molar-refractivity contribution in [2.45, 2.75) is 39.0 Å². The van der Waals surface area contributed by atoms with Crippen LogP contribution in [0.3, 0.4) is 0 Å². The fourth-order valence-electron chi connectivity index (χ4n) is 2.51. The zero-order chi connectivity index (χ0) is 22.3. The van der Waals surface area contributed by atoms with Crippen molar-refractivity contribution in [2.75, 3.05) is 13.4 Å². The summed E-state index contributed by atoms with van der Waals surface area (Å²) in [6, 6.07) is 17.2. The number of hydrogen-bond acceptors (Lipinski definition) is 7. The number of rotatable bonds is 12. The Hall–Kier alpha value is -3.39. The van der Waals surface area contributed by atoms with E-state index in [0.29, 0.717) is 6.61 Å². The molecule has 1 N–H and O–H groups in total. The number of alkyl carbamates (subject to hydrolysis) is 1. The van der Waals surface area contributed by atoms with Crippen LogP contribution in [-0.2, 0) is 41.8 Å². The molecule has 0 aliphatic rings. The summed E-state index contributed by atoms with van der Waals surface area (Å²) >= 11 is 0. The van der Waals surface area contributed by atoms with Crippen molar-refractivity contribution in [1.29, 1.82) is 0 Å². The largest absolute Gasteiger partial charge is 0.459 e. The second-order valence-electron chi connectivity index (χ2n) is 6.52. The summed E-state index contributed by atoms with van der Waals surface area (Å²) in [6.07, 6.45) is -0.885. The van der Waals surface area contributed by atoms with Gasteiger partial charge in [0.15, 0.2) is 6.79 Å². The third-order valence-corrected chi connectivity index (χ3v) is 4.16. The van der Waals surface area contributed by atoms with Gasteiger partial charge in [-0.3, -0.25) is 4.79 Å². The minimum absolute atomic E-state index is 0.000974. The summed E-state index contributed by atoms with van der Waals surface area (Å²) in [4.78, 5) is 36.5. The number of ether oxygens (including phenoxy) is 4. The molecule has 166 valence electrons. The van der Waals surface area contributed by atoms with Crippen molar-refractivity contribution in [3.05, 3.63) is 71.8 Å². The molecule has 1 atom stereocenters. The summed E-state index contributed by atoms with van der Waals surface area (Å²) < 4.78 is 20.3. The van der Waals surface area contributed by atoms with Gasteiger partial charge in [-0.15, -0.1) is 0 Å². The molecule has 2 aromatic carbocycles. The molecular formula is C23H27NO7. The van der Waals surface area contributed by atoms with E-state index >= 15 is 0 Å². The van der Waals surface area contributed by atoms with Crippen molar-refractivity contribution in [1.82, 2.24) is 5.32 Å². The summed E-state index contributed by atoms with van der Waals surface area (Å²) in [7, 11) is 0. The summed E-state index contributed by atoms with van der Waals surface area (Å²) in [5.41, 5.74) is 1.61. The van der Waals surface area contributed by atoms with E-state index in [-0.39, 0.29) is 32.8 Å². The van der Waals surface area contributed by atoms with E-state index < -0.39 is 24.1 Å². The van der Waals surface area contributed by atoms with Gasteiger partial charge in [-0.1, -0.05) is 60.7 Å². The Labute approximate surface area is 181 Å². The first-order chi connectivity index (χ1) is 15.1. The molecule has 2 rings (SSSR count). The first-order valence-electron chi connectivity index (χ1n) is 9.99. The van der Waals surface area contributed by atoms with E-state index in [1.807, 2.05) is 60.7 Å². The Kier molecular flexibility index (Phi) is 10.6. The van der Waals surface area contributed by atoms with Crippen LogP contribution in [0.4, 0.5) is 4.79 Å². The molecule has 0 spiro atoms. The molecule has 0 heterocycles. The van der Waals surface area contributed by atoms with E-state index in [1.165, 1.54) is 0 Å². The quantitative estimate of drug-likeness (QED) is 0.239. The molecular weight excluding hydrogens is 402 g/mol. The maximum Gasteiger partial charge on any atom is 0.408 e. The monoisotopic (exact) mass is 429 g/mol. The lowest BCUT2D eigenvalue weighted by atomic mass is 10.1. The first-order valence-corrected chi connectivity index (χ1v) is 9.99. The predicted molar refractivity (Wildman–Crippen MR) is 112 cm³/mol. The molecule has 31 heavy (non-hydrogen) atoms. The van der Waals surface area contributed by atoms with Gasteiger partial charge in [0.25, 0.3) is 0 Å². The summed E-state index contributed by atoms with van der Waals surface area (Å²) in [5, 5.41) is 2.47. The second-order valence-corrected chi connectivity index (χ2v) is 6.52. The number of amides is 1. The molecule has 0 radical (unpaired) electrons. The molecule has 0 fully saturated rings. The molecule has 1 amide bonds. The van der Waals surface area contributed by atoms with E-state index in [2.05, 4.69) is 5.32 Å². The average Bonchev–Trinajstić information content (AvgIpc) is 2.80. The maximum atomic E-state index is 12.5. The van der Waals surface area contributed by atoms with Crippen molar-refractivity contribution in [2.24, 2.45) is 0 Å². The van der Waals surface area contributed by atoms with Gasteiger partial charge in [0.2, 0.25) is 0 Å². The molecule has 2 aromatic rings. The number of benzene rings is 2. The molecule has 0 aliphatic heterocycles. The van der Waals surface area contributed by atoms with Gasteiger partial charge in [0, 0.05) is 13.0 Å². The van der Waals surface area contributed by atoms with Gasteiger partial charge >= 0.3 is 18.0 Å². The highest BCUT2D eigenvalue weighted by molar-refractivity contribution is 5.82. The van der Waals surface area contributed by atoms with Crippen LogP contribution < -0.4 is 5.32 Å². The van der Waals surface area contributed by atoms with Crippen molar-refractivity contribution in [3.63, 3.8) is 0 Å². The highest BCUT2D eigenvalue weighted by Crippen LogP contribution is 2.07. The van der Waals surface area contributed by atoms with Gasteiger partial charge in [0.1, 0.15) is 19.3 Å². The topological polar surface area (TPSA) is 100 Å². The van der Waals surface area contributed by atoms with Crippen LogP contribution in [0, 0.1) is 0 Å². The highest BCUT2D eigenvalue weighted by atomic mass is 16.7. The molecule has 8 heteroatoms. The number of nitrogens with one attached hydrogen (secondary N) is 1. The van der Waals surface area contributed by atoms with Crippen molar-refractivity contribution >= 4 is 18.0 Å². The highest BCUT2D eigenvalue weighted by Gasteiger charge is 2.24. The third-order valence-electron chi connectivity index (χ3n) is 4.16. The minimum atomic E-state index is -1.06. The molecule has 0 saturated carbocycles. The molecule has 0 bridgehead atoms. The van der Waals surface area contributed by atoms with Crippen LogP contribution in [0.15, 0.2) is 60.7 Å².